The van der Waals surface area contributed by atoms with Crippen LogP contribution in [0.15, 0.2) is 107 Å². The minimum absolute atomic E-state index is 0.000606. The molecule has 2 aliphatic rings. The van der Waals surface area contributed by atoms with Gasteiger partial charge in [-0.25, -0.2) is 11.0 Å². The van der Waals surface area contributed by atoms with E-state index in [9.17, 15) is 25.9 Å². The van der Waals surface area contributed by atoms with Crippen molar-refractivity contribution in [3.63, 3.8) is 0 Å². The van der Waals surface area contributed by atoms with E-state index in [1.807, 2.05) is 0 Å². The van der Waals surface area contributed by atoms with E-state index in [0.29, 0.717) is 22.3 Å². The van der Waals surface area contributed by atoms with Gasteiger partial charge in [-0.1, -0.05) is 72.8 Å². The lowest BCUT2D eigenvalue weighted by Gasteiger charge is -2.41. The van der Waals surface area contributed by atoms with Crippen LogP contribution in [0.4, 0.5) is 0 Å². The number of methoxy groups -OCH3 is 2. The van der Waals surface area contributed by atoms with Gasteiger partial charge in [0.15, 0.2) is 9.49 Å². The molecule has 8 N–H and O–H groups in total. The first-order valence-corrected chi connectivity index (χ1v) is 17.7. The van der Waals surface area contributed by atoms with E-state index in [4.69, 9.17) is 23.8 Å². The molecule has 0 heterocycles. The minimum Gasteiger partial charge on any atom is -0.496 e. The maximum atomic E-state index is 13.6. The van der Waals surface area contributed by atoms with E-state index >= 15 is 0 Å². The summed E-state index contributed by atoms with van der Waals surface area (Å²) < 4.78 is 97.5. The summed E-state index contributed by atoms with van der Waals surface area (Å²) in [7, 11) is -7.59. The monoisotopic (exact) mass is 716 g/mol. The number of nitrogens with zero attached hydrogens (tertiary/aromatic N) is 2. The van der Waals surface area contributed by atoms with Crippen LogP contribution in [-0.2, 0) is 29.7 Å². The highest BCUT2D eigenvalue weighted by atomic mass is 32.2. The second kappa shape index (κ2) is 12.3. The minimum atomic E-state index is -5.10. The fourth-order valence-corrected chi connectivity index (χ4v) is 9.92. The molecule has 6 rings (SSSR count). The van der Waals surface area contributed by atoms with Crippen molar-refractivity contribution in [3.05, 3.63) is 130 Å². The quantitative estimate of drug-likeness (QED) is 0.0992. The standard InChI is InChI=1S/C34H32N6O8S2/c1-47-29-17-19(11-13-25(29)33(49(41,42)43)23-9-5-3-7-21(23)15-27(39-37)31(33)35)20-12-14-26(30(18-20)48-2)34(50(44,45)46)24-10-6-4-8-22(24)16-28(40-38)32(34)36/h3-18,31-32,37-38H,35-36H2,1-2H3,(H,41,42,43)(H,44,45,46)/b39-37+,40-38+. The van der Waals surface area contributed by atoms with Crippen molar-refractivity contribution in [2.75, 3.05) is 14.2 Å². The maximum absolute atomic E-state index is 13.6. The first-order valence-electron chi connectivity index (χ1n) is 15.8. The molecule has 0 amide bonds. The van der Waals surface area contributed by atoms with E-state index in [0.717, 1.165) is 0 Å². The Morgan fingerprint density at radius 2 is 1.04 bits per heavy atom. The van der Waals surface area contributed by atoms with E-state index in [2.05, 4.69) is 21.3 Å². The summed E-state index contributed by atoms with van der Waals surface area (Å²) >= 11 is 0. The average Bonchev–Trinajstić information content (AvgIpc) is 3.11. The van der Waals surface area contributed by atoms with Crippen LogP contribution < -0.4 is 20.9 Å². The highest BCUT2D eigenvalue weighted by molar-refractivity contribution is 7.87. The van der Waals surface area contributed by atoms with E-state index in [-0.39, 0.29) is 45.1 Å². The van der Waals surface area contributed by atoms with E-state index < -0.39 is 41.8 Å². The van der Waals surface area contributed by atoms with Crippen LogP contribution >= 0.6 is 0 Å². The number of benzene rings is 4. The van der Waals surface area contributed by atoms with Crippen molar-refractivity contribution in [3.8, 4) is 22.6 Å². The normalized spacial score (nSPS) is 24.1. The lowest BCUT2D eigenvalue weighted by Crippen LogP contribution is -2.54. The lowest BCUT2D eigenvalue weighted by atomic mass is 9.76. The summed E-state index contributed by atoms with van der Waals surface area (Å²) in [5.74, 6) is 0.00121. The molecule has 2 aliphatic carbocycles. The Kier molecular flexibility index (Phi) is 7.93. The van der Waals surface area contributed by atoms with Crippen LogP contribution in [0.25, 0.3) is 23.3 Å². The predicted molar refractivity (Wildman–Crippen MR) is 185 cm³/mol. The molecule has 0 radical (unpaired) electrons. The van der Waals surface area contributed by atoms with Gasteiger partial charge in [-0.15, -0.1) is 0 Å². The zero-order valence-electron chi connectivity index (χ0n) is 28.5. The van der Waals surface area contributed by atoms with Crippen molar-refractivity contribution in [2.45, 2.75) is 21.6 Å². The molecule has 0 spiro atoms. The first kappa shape index (κ1) is 32.1. The van der Waals surface area contributed by atoms with Crippen LogP contribution in [0.5, 0.6) is 11.5 Å². The lowest BCUT2D eigenvalue weighted by molar-refractivity contribution is 0.386. The molecule has 14 nitrogen and oxygen atoms in total. The van der Waals surface area contributed by atoms with E-state index in [1.165, 1.54) is 62.8 Å². The molecule has 0 bridgehead atoms. The molecule has 0 saturated heterocycles. The summed E-state index contributed by atoms with van der Waals surface area (Å²) in [6.07, 6.45) is 2.97. The van der Waals surface area contributed by atoms with Gasteiger partial charge in [0.1, 0.15) is 11.5 Å². The summed E-state index contributed by atoms with van der Waals surface area (Å²) in [6, 6.07) is 18.7. The largest absolute Gasteiger partial charge is 0.496 e. The van der Waals surface area contributed by atoms with Crippen molar-refractivity contribution < 1.29 is 38.2 Å². The molecule has 0 saturated carbocycles. The number of hydrogen-bond donors (Lipinski definition) is 6. The maximum Gasteiger partial charge on any atom is 0.281 e. The first-order chi connectivity index (χ1) is 24.7. The molecule has 4 aromatic rings. The van der Waals surface area contributed by atoms with Gasteiger partial charge in [0.2, 0.25) is 2.82 Å². The van der Waals surface area contributed by atoms with Crippen LogP contribution in [-0.4, -0.2) is 52.2 Å². The van der Waals surface area contributed by atoms with Gasteiger partial charge in [0.05, 0.1) is 37.7 Å². The molecule has 0 aromatic heterocycles. The van der Waals surface area contributed by atoms with Crippen molar-refractivity contribution in [1.82, 2.24) is 0 Å². The van der Waals surface area contributed by atoms with Gasteiger partial charge in [0, 0.05) is 11.1 Å². The van der Waals surface area contributed by atoms with Crippen LogP contribution in [0, 0.1) is 11.0 Å². The van der Waals surface area contributed by atoms with Gasteiger partial charge in [0.25, 0.3) is 20.2 Å². The Morgan fingerprint density at radius 1 is 0.660 bits per heavy atom. The third-order valence-electron chi connectivity index (χ3n) is 9.42. The molecule has 50 heavy (non-hydrogen) atoms. The molecule has 4 unspecified atom stereocenters. The van der Waals surface area contributed by atoms with Gasteiger partial charge in [-0.3, -0.25) is 9.11 Å². The summed E-state index contributed by atoms with van der Waals surface area (Å²) in [4.78, 5) is 0. The van der Waals surface area contributed by atoms with Crippen molar-refractivity contribution in [1.29, 1.82) is 11.0 Å². The van der Waals surface area contributed by atoms with Gasteiger partial charge >= 0.3 is 0 Å². The second-order valence-electron chi connectivity index (χ2n) is 11.7. The van der Waals surface area contributed by atoms with Crippen molar-refractivity contribution >= 4 is 32.4 Å². The molecule has 0 fully saturated rings. The fraction of sp³-hybridized carbons (Fsp3) is 0.176. The number of hydrogen-bond acceptors (Lipinski definition) is 12. The highest BCUT2D eigenvalue weighted by Crippen LogP contribution is 2.52. The molecule has 16 heteroatoms. The fourth-order valence-electron chi connectivity index (χ4n) is 7.21. The molecule has 4 atom stereocenters. The Morgan fingerprint density at radius 3 is 1.38 bits per heavy atom. The molecular formula is C34H32N6O8S2. The number of rotatable bonds is 9. The number of nitrogens with one attached hydrogen (secondary N) is 2. The van der Waals surface area contributed by atoms with E-state index in [1.54, 1.807) is 48.5 Å². The van der Waals surface area contributed by atoms with Gasteiger partial charge < -0.3 is 20.9 Å². The SMILES string of the molecule is [H]/N=N/C1=Cc2ccccc2C(c2ccc(-c3ccc(C4(S(=O)(=O)O)c5ccccc5C=C(/N=N/[H])C4N)c(OC)c3)cc2OC)(S(=O)(=O)O)C1N. The smallest absolute Gasteiger partial charge is 0.281 e. The predicted octanol–water partition coefficient (Wildman–Crippen LogP) is 5.06. The third-order valence-corrected chi connectivity index (χ3v) is 12.4. The number of fused-ring (bicyclic) bond motifs is 2. The molecule has 4 aromatic carbocycles. The Bertz CT molecular complexity index is 2270. The summed E-state index contributed by atoms with van der Waals surface area (Å²) in [6.45, 7) is 0. The zero-order valence-corrected chi connectivity index (χ0v) is 28.1. The Labute approximate surface area is 290 Å². The Balaban J connectivity index is 1.57. The average molecular weight is 717 g/mol. The molecule has 258 valence electrons. The van der Waals surface area contributed by atoms with Gasteiger partial charge in [-0.2, -0.15) is 27.1 Å². The summed E-state index contributed by atoms with van der Waals surface area (Å²) in [5.41, 5.74) is 20.9. The number of ether oxygens (including phenoxy) is 2. The van der Waals surface area contributed by atoms with Crippen molar-refractivity contribution in [2.24, 2.45) is 21.7 Å². The van der Waals surface area contributed by atoms with Crippen LogP contribution in [0.1, 0.15) is 33.4 Å². The summed E-state index contributed by atoms with van der Waals surface area (Å²) in [5, 5.41) is 7.49. The topological polar surface area (TPSA) is 252 Å². The molecule has 0 aliphatic heterocycles. The Hall–Kier alpha value is -5.10. The zero-order chi connectivity index (χ0) is 37.6. The number of nitrogens with two attached hydrogens (primary N) is 2. The van der Waals surface area contributed by atoms with Crippen LogP contribution in [0.3, 0.4) is 0 Å². The highest BCUT2D eigenvalue weighted by Gasteiger charge is 2.58. The second-order valence-corrected chi connectivity index (χ2v) is 14.9. The third kappa shape index (κ3) is 4.83. The van der Waals surface area contributed by atoms with Gasteiger partial charge in [-0.05, 0) is 57.7 Å². The molecular weight excluding hydrogens is 685 g/mol. The van der Waals surface area contributed by atoms with Crippen LogP contribution in [0.2, 0.25) is 2.82 Å².